The first kappa shape index (κ1) is 12.7. The van der Waals surface area contributed by atoms with Crippen LogP contribution in [0, 0.1) is 0 Å². The third kappa shape index (κ3) is 3.03. The number of nitrogens with one attached hydrogen (secondary N) is 1. The van der Waals surface area contributed by atoms with E-state index in [0.29, 0.717) is 0 Å². The van der Waals surface area contributed by atoms with E-state index in [1.54, 1.807) is 0 Å². The van der Waals surface area contributed by atoms with Crippen LogP contribution in [-0.2, 0) is 4.79 Å². The largest absolute Gasteiger partial charge is 0.480 e. The summed E-state index contributed by atoms with van der Waals surface area (Å²) in [4.78, 5) is 29.5. The summed E-state index contributed by atoms with van der Waals surface area (Å²) in [6, 6.07) is 0. The normalized spacial score (nSPS) is 9.53. The summed E-state index contributed by atoms with van der Waals surface area (Å²) >= 11 is 0. The van der Waals surface area contributed by atoms with Gasteiger partial charge >= 0.3 is 5.97 Å². The molecular weight excluding hydrogens is 230 g/mol. The summed E-state index contributed by atoms with van der Waals surface area (Å²) in [7, 11) is 2.66. The molecule has 1 heterocycles. The Bertz CT molecular complexity index is 412. The minimum atomic E-state index is -1.16. The Morgan fingerprint density at radius 1 is 1.29 bits per heavy atom. The van der Waals surface area contributed by atoms with Gasteiger partial charge in [-0.2, -0.15) is 0 Å². The van der Waals surface area contributed by atoms with Gasteiger partial charge in [0.15, 0.2) is 5.56 Å². The van der Waals surface area contributed by atoms with Crippen LogP contribution in [0.5, 0.6) is 11.8 Å². The molecule has 0 aromatic carbocycles. The number of ether oxygens (including phenoxy) is 2. The van der Waals surface area contributed by atoms with Gasteiger partial charge in [0.2, 0.25) is 11.8 Å². The molecule has 0 bridgehead atoms. The van der Waals surface area contributed by atoms with E-state index in [9.17, 15) is 9.59 Å². The van der Waals surface area contributed by atoms with Gasteiger partial charge in [0.1, 0.15) is 12.9 Å². The lowest BCUT2D eigenvalue weighted by Gasteiger charge is -2.09. The van der Waals surface area contributed by atoms with Gasteiger partial charge in [-0.3, -0.25) is 9.59 Å². The smallest absolute Gasteiger partial charge is 0.322 e. The van der Waals surface area contributed by atoms with Crippen LogP contribution >= 0.6 is 0 Å². The molecule has 2 N–H and O–H groups in total. The van der Waals surface area contributed by atoms with Crippen LogP contribution in [0.2, 0.25) is 0 Å². The van der Waals surface area contributed by atoms with E-state index in [4.69, 9.17) is 14.6 Å². The number of methoxy groups -OCH3 is 2. The van der Waals surface area contributed by atoms with Crippen LogP contribution in [0.15, 0.2) is 6.33 Å². The zero-order chi connectivity index (χ0) is 12.8. The predicted molar refractivity (Wildman–Crippen MR) is 55.1 cm³/mol. The Kier molecular flexibility index (Phi) is 4.21. The number of nitrogens with zero attached hydrogens (tertiary/aromatic N) is 2. The van der Waals surface area contributed by atoms with E-state index < -0.39 is 18.4 Å². The first-order valence-electron chi connectivity index (χ1n) is 4.53. The second kappa shape index (κ2) is 5.64. The number of carbonyl (C=O) groups is 2. The molecule has 0 saturated heterocycles. The predicted octanol–water partition coefficient (Wildman–Crippen LogP) is -0.692. The van der Waals surface area contributed by atoms with Crippen molar-refractivity contribution >= 4 is 11.9 Å². The van der Waals surface area contributed by atoms with Gasteiger partial charge in [0.25, 0.3) is 5.91 Å². The number of hydrogen-bond donors (Lipinski definition) is 2. The van der Waals surface area contributed by atoms with Gasteiger partial charge in [0, 0.05) is 0 Å². The Labute approximate surface area is 96.6 Å². The molecule has 0 saturated carbocycles. The summed E-state index contributed by atoms with van der Waals surface area (Å²) in [5, 5.41) is 10.6. The molecule has 8 heteroatoms. The number of amides is 1. The Hall–Kier alpha value is -2.38. The van der Waals surface area contributed by atoms with Gasteiger partial charge in [-0.25, -0.2) is 9.97 Å². The fourth-order valence-electron chi connectivity index (χ4n) is 1.10. The Balaban J connectivity index is 3.01. The fraction of sp³-hybridized carbons (Fsp3) is 0.333. The molecule has 0 fully saturated rings. The molecule has 92 valence electrons. The Morgan fingerprint density at radius 3 is 2.24 bits per heavy atom. The third-order valence-corrected chi connectivity index (χ3v) is 1.79. The van der Waals surface area contributed by atoms with Crippen LogP contribution in [-0.4, -0.2) is 47.7 Å². The van der Waals surface area contributed by atoms with E-state index in [2.05, 4.69) is 15.3 Å². The molecule has 1 rings (SSSR count). The number of aliphatic carboxylic acids is 1. The summed E-state index contributed by atoms with van der Waals surface area (Å²) in [5.74, 6) is -1.81. The van der Waals surface area contributed by atoms with Crippen LogP contribution in [0.25, 0.3) is 0 Å². The lowest BCUT2D eigenvalue weighted by Crippen LogP contribution is -2.30. The molecule has 1 amide bonds. The maximum atomic E-state index is 11.7. The monoisotopic (exact) mass is 241 g/mol. The van der Waals surface area contributed by atoms with Crippen molar-refractivity contribution in [2.75, 3.05) is 20.8 Å². The minimum absolute atomic E-state index is 0.0136. The van der Waals surface area contributed by atoms with E-state index in [1.807, 2.05) is 0 Å². The molecule has 0 radical (unpaired) electrons. The molecule has 0 aliphatic rings. The van der Waals surface area contributed by atoms with Gasteiger partial charge in [-0.1, -0.05) is 0 Å². The van der Waals surface area contributed by atoms with Crippen molar-refractivity contribution in [3.05, 3.63) is 11.9 Å². The molecule has 1 aromatic rings. The summed E-state index contributed by atoms with van der Waals surface area (Å²) < 4.78 is 9.75. The molecule has 0 aliphatic heterocycles. The standard InChI is InChI=1S/C9H11N3O5/c1-16-8-6(7(15)10-3-5(13)14)9(17-2)12-4-11-8/h4H,3H2,1-2H3,(H,10,15)(H,13,14). The van der Waals surface area contributed by atoms with Crippen molar-refractivity contribution in [2.45, 2.75) is 0 Å². The maximum absolute atomic E-state index is 11.7. The highest BCUT2D eigenvalue weighted by molar-refractivity contribution is 5.99. The third-order valence-electron chi connectivity index (χ3n) is 1.79. The van der Waals surface area contributed by atoms with Gasteiger partial charge in [-0.15, -0.1) is 0 Å². The van der Waals surface area contributed by atoms with Gasteiger partial charge in [-0.05, 0) is 0 Å². The summed E-state index contributed by atoms with van der Waals surface area (Å²) in [5.41, 5.74) is -0.0428. The highest BCUT2D eigenvalue weighted by Gasteiger charge is 2.21. The quantitative estimate of drug-likeness (QED) is 0.701. The highest BCUT2D eigenvalue weighted by Crippen LogP contribution is 2.22. The first-order valence-corrected chi connectivity index (χ1v) is 4.53. The fourth-order valence-corrected chi connectivity index (χ4v) is 1.10. The second-order valence-electron chi connectivity index (χ2n) is 2.84. The van der Waals surface area contributed by atoms with Gasteiger partial charge in [0.05, 0.1) is 14.2 Å². The molecular formula is C9H11N3O5. The topological polar surface area (TPSA) is 111 Å². The van der Waals surface area contributed by atoms with Crippen molar-refractivity contribution in [2.24, 2.45) is 0 Å². The lowest BCUT2D eigenvalue weighted by molar-refractivity contribution is -0.135. The molecule has 1 aromatic heterocycles. The Morgan fingerprint density at radius 2 is 1.82 bits per heavy atom. The summed E-state index contributed by atoms with van der Waals surface area (Å²) in [6.07, 6.45) is 1.17. The van der Waals surface area contributed by atoms with Crippen molar-refractivity contribution in [3.63, 3.8) is 0 Å². The van der Waals surface area contributed by atoms with E-state index in [-0.39, 0.29) is 17.3 Å². The number of carboxylic acids is 1. The number of hydrogen-bond acceptors (Lipinski definition) is 6. The maximum Gasteiger partial charge on any atom is 0.322 e. The van der Waals surface area contributed by atoms with E-state index >= 15 is 0 Å². The van der Waals surface area contributed by atoms with Crippen LogP contribution in [0.3, 0.4) is 0 Å². The van der Waals surface area contributed by atoms with E-state index in [1.165, 1.54) is 20.5 Å². The second-order valence-corrected chi connectivity index (χ2v) is 2.84. The van der Waals surface area contributed by atoms with Crippen molar-refractivity contribution < 1.29 is 24.2 Å². The zero-order valence-electron chi connectivity index (χ0n) is 9.26. The SMILES string of the molecule is COc1ncnc(OC)c1C(=O)NCC(=O)O. The molecule has 17 heavy (non-hydrogen) atoms. The molecule has 8 nitrogen and oxygen atoms in total. The zero-order valence-corrected chi connectivity index (χ0v) is 9.26. The molecule has 0 spiro atoms. The van der Waals surface area contributed by atoms with Crippen molar-refractivity contribution in [1.29, 1.82) is 0 Å². The average molecular weight is 241 g/mol. The number of rotatable bonds is 5. The number of carboxylic acid groups (broad SMARTS) is 1. The molecule has 0 aliphatic carbocycles. The molecule has 0 unspecified atom stereocenters. The number of aromatic nitrogens is 2. The van der Waals surface area contributed by atoms with E-state index in [0.717, 1.165) is 0 Å². The minimum Gasteiger partial charge on any atom is -0.480 e. The van der Waals surface area contributed by atoms with Crippen molar-refractivity contribution in [1.82, 2.24) is 15.3 Å². The number of carbonyl (C=O) groups excluding carboxylic acids is 1. The summed E-state index contributed by atoms with van der Waals surface area (Å²) in [6.45, 7) is -0.514. The first-order chi connectivity index (χ1) is 8.10. The van der Waals surface area contributed by atoms with Crippen molar-refractivity contribution in [3.8, 4) is 11.8 Å². The van der Waals surface area contributed by atoms with Crippen LogP contribution in [0.1, 0.15) is 10.4 Å². The van der Waals surface area contributed by atoms with Crippen LogP contribution in [0.4, 0.5) is 0 Å². The lowest BCUT2D eigenvalue weighted by atomic mass is 10.3. The average Bonchev–Trinajstić information content (AvgIpc) is 2.34. The van der Waals surface area contributed by atoms with Gasteiger partial charge < -0.3 is 19.9 Å². The highest BCUT2D eigenvalue weighted by atomic mass is 16.5. The molecule has 0 atom stereocenters. The van der Waals surface area contributed by atoms with Crippen LogP contribution < -0.4 is 14.8 Å².